The molecule has 0 fully saturated rings. The Balaban J connectivity index is -0.0000000275. The molecule has 0 amide bonds. The quantitative estimate of drug-likeness (QED) is 0.622. The van der Waals surface area contributed by atoms with Crippen molar-refractivity contribution >= 4 is 22.4 Å². The molecule has 35 valence electrons. The predicted octanol–water partition coefficient (Wildman–Crippen LogP) is 0.782. The zero-order chi connectivity index (χ0) is 4.71. The van der Waals surface area contributed by atoms with Crippen molar-refractivity contribution in [2.75, 3.05) is 0 Å². The standard InChI is InChI=1S/CH2Br.CHO2.Y/c1-2;2-1-3;/h1H2;(H,2,3);/q2*-1;. The molecule has 0 aromatic carbocycles. The van der Waals surface area contributed by atoms with Gasteiger partial charge in [-0.1, -0.05) is 6.47 Å². The maximum Gasteiger partial charge on any atom is 0 e. The first-order valence-electron chi connectivity index (χ1n) is 0.695. The van der Waals surface area contributed by atoms with Crippen LogP contribution in [-0.2, 0) is 37.5 Å². The molecular formula is C2H3BrO2Y-2. The molecule has 0 saturated heterocycles. The summed E-state index contributed by atoms with van der Waals surface area (Å²) < 4.78 is 0. The molecule has 0 atom stereocenters. The third-order valence-corrected chi connectivity index (χ3v) is 0. The smallest absolute Gasteiger partial charge is 0 e. The van der Waals surface area contributed by atoms with Crippen LogP contribution in [-0.4, -0.2) is 11.6 Å². The Morgan fingerprint density at radius 1 is 1.67 bits per heavy atom. The van der Waals surface area contributed by atoms with Crippen LogP contribution >= 0.6 is 15.9 Å². The molecule has 0 saturated carbocycles. The predicted molar refractivity (Wildman–Crippen MR) is 22.6 cm³/mol. The monoisotopic (exact) mass is 227 g/mol. The van der Waals surface area contributed by atoms with Crippen molar-refractivity contribution in [2.24, 2.45) is 0 Å². The first kappa shape index (κ1) is 15.7. The summed E-state index contributed by atoms with van der Waals surface area (Å²) in [6, 6.07) is 0. The summed E-state index contributed by atoms with van der Waals surface area (Å²) in [4.78, 5) is 8.24. The van der Waals surface area contributed by atoms with E-state index in [2.05, 4.69) is 21.8 Å². The molecule has 1 N–H and O–H groups in total. The van der Waals surface area contributed by atoms with E-state index < -0.39 is 0 Å². The summed E-state index contributed by atoms with van der Waals surface area (Å²) in [5.41, 5.74) is 0. The first-order valence-corrected chi connectivity index (χ1v) is 1.82. The van der Waals surface area contributed by atoms with Crippen LogP contribution in [0, 0.1) is 5.83 Å². The average Bonchev–Trinajstić information content (AvgIpc) is 1.46. The third-order valence-electron chi connectivity index (χ3n) is 0. The molecule has 6 heavy (non-hydrogen) atoms. The molecule has 0 spiro atoms. The molecule has 0 unspecified atom stereocenters. The molecule has 0 aliphatic carbocycles. The van der Waals surface area contributed by atoms with Crippen molar-refractivity contribution in [3.8, 4) is 0 Å². The van der Waals surface area contributed by atoms with Crippen LogP contribution in [0.25, 0.3) is 0 Å². The van der Waals surface area contributed by atoms with Crippen molar-refractivity contribution in [3.63, 3.8) is 0 Å². The minimum absolute atomic E-state index is 0. The van der Waals surface area contributed by atoms with Gasteiger partial charge in [-0.3, -0.25) is 5.83 Å². The number of rotatable bonds is 0. The van der Waals surface area contributed by atoms with Gasteiger partial charge in [0, 0.05) is 32.7 Å². The number of hydrogen-bond donors (Lipinski definition) is 1. The maximum absolute atomic E-state index is 8.24. The van der Waals surface area contributed by atoms with Crippen molar-refractivity contribution in [3.05, 3.63) is 5.83 Å². The van der Waals surface area contributed by atoms with Gasteiger partial charge in [-0.2, -0.15) is 0 Å². The maximum atomic E-state index is 8.24. The molecule has 0 aliphatic heterocycles. The van der Waals surface area contributed by atoms with E-state index in [4.69, 9.17) is 9.90 Å². The normalized spacial score (nSPS) is 3.00. The fraction of sp³-hybridized carbons (Fsp3) is 0. The van der Waals surface area contributed by atoms with Gasteiger partial charge in [-0.25, -0.2) is 0 Å². The second-order valence-corrected chi connectivity index (χ2v) is 0.0913. The van der Waals surface area contributed by atoms with Crippen LogP contribution in [0.4, 0.5) is 0 Å². The van der Waals surface area contributed by atoms with Gasteiger partial charge in [0.15, 0.2) is 0 Å². The number of halogens is 1. The summed E-state index contributed by atoms with van der Waals surface area (Å²) in [6.45, 7) is 0.500. The summed E-state index contributed by atoms with van der Waals surface area (Å²) in [7, 11) is 0. The summed E-state index contributed by atoms with van der Waals surface area (Å²) in [5, 5.41) is 6.76. The van der Waals surface area contributed by atoms with Crippen LogP contribution in [0.3, 0.4) is 0 Å². The van der Waals surface area contributed by atoms with Gasteiger partial charge >= 0.3 is 0 Å². The van der Waals surface area contributed by atoms with Crippen LogP contribution in [0.2, 0.25) is 0 Å². The molecule has 2 nitrogen and oxygen atoms in total. The number of aliphatic hydroxyl groups excluding tert-OH is 1. The second-order valence-electron chi connectivity index (χ2n) is 0.0913. The minimum Gasteiger partial charge on any atom is -0.665 e. The fourth-order valence-electron chi connectivity index (χ4n) is 0. The van der Waals surface area contributed by atoms with E-state index in [1.165, 1.54) is 0 Å². The van der Waals surface area contributed by atoms with E-state index in [-0.39, 0.29) is 32.7 Å². The van der Waals surface area contributed by atoms with E-state index >= 15 is 0 Å². The molecule has 4 heteroatoms. The van der Waals surface area contributed by atoms with E-state index in [0.717, 1.165) is 0 Å². The Morgan fingerprint density at radius 3 is 1.67 bits per heavy atom. The SMILES string of the molecule is O=[C-]O.[CH2-]Br.[Y]. The zero-order valence-electron chi connectivity index (χ0n) is 3.02. The van der Waals surface area contributed by atoms with Crippen LogP contribution < -0.4 is 0 Å². The van der Waals surface area contributed by atoms with Gasteiger partial charge in [-0.05, 0) is 0 Å². The van der Waals surface area contributed by atoms with Crippen molar-refractivity contribution < 1.29 is 42.6 Å². The van der Waals surface area contributed by atoms with Crippen LogP contribution in [0.1, 0.15) is 0 Å². The summed E-state index contributed by atoms with van der Waals surface area (Å²) >= 11 is 2.69. The Labute approximate surface area is 70.3 Å². The molecule has 0 aromatic rings. The van der Waals surface area contributed by atoms with Gasteiger partial charge in [0.1, 0.15) is 0 Å². The van der Waals surface area contributed by atoms with E-state index in [1.54, 1.807) is 0 Å². The Hall–Kier alpha value is 1.05. The fourth-order valence-corrected chi connectivity index (χ4v) is 0. The van der Waals surface area contributed by atoms with Gasteiger partial charge in [0.05, 0.1) is 0 Å². The largest absolute Gasteiger partial charge is 0.665 e. The Kier molecular flexibility index (Phi) is 96.1. The van der Waals surface area contributed by atoms with Crippen LogP contribution in [0.15, 0.2) is 0 Å². The topological polar surface area (TPSA) is 37.3 Å². The van der Waals surface area contributed by atoms with Gasteiger partial charge < -0.3 is 25.8 Å². The van der Waals surface area contributed by atoms with Crippen LogP contribution in [0.5, 0.6) is 0 Å². The van der Waals surface area contributed by atoms with Gasteiger partial charge in [0.25, 0.3) is 0 Å². The van der Waals surface area contributed by atoms with Crippen molar-refractivity contribution in [1.82, 2.24) is 0 Å². The van der Waals surface area contributed by atoms with E-state index in [1.807, 2.05) is 0 Å². The van der Waals surface area contributed by atoms with Crippen molar-refractivity contribution in [1.29, 1.82) is 0 Å². The number of hydrogen-bond acceptors (Lipinski definition) is 1. The Morgan fingerprint density at radius 2 is 1.67 bits per heavy atom. The second kappa shape index (κ2) is 36.7. The molecule has 0 aliphatic rings. The summed E-state index contributed by atoms with van der Waals surface area (Å²) in [5.74, 6) is 3.06. The average molecular weight is 228 g/mol. The molecule has 1 radical (unpaired) electrons. The molecule has 0 bridgehead atoms. The summed E-state index contributed by atoms with van der Waals surface area (Å²) in [6.07, 6.45) is 0. The Bertz CT molecular complexity index is 19.0. The minimum atomic E-state index is 0. The van der Waals surface area contributed by atoms with Gasteiger partial charge in [-0.15, -0.1) is 0 Å². The molecule has 0 rings (SSSR count). The molecular weight excluding hydrogens is 225 g/mol. The van der Waals surface area contributed by atoms with Gasteiger partial charge in [0.2, 0.25) is 0 Å². The van der Waals surface area contributed by atoms with E-state index in [9.17, 15) is 0 Å². The third kappa shape index (κ3) is 74.8. The zero-order valence-corrected chi connectivity index (χ0v) is 7.44. The molecule has 0 heterocycles. The van der Waals surface area contributed by atoms with Crippen molar-refractivity contribution in [2.45, 2.75) is 0 Å². The van der Waals surface area contributed by atoms with E-state index in [0.29, 0.717) is 6.47 Å². The first-order chi connectivity index (χ1) is 2.41. The molecule has 0 aromatic heterocycles.